The third kappa shape index (κ3) is 0.991. The molecule has 0 bridgehead atoms. The molecule has 0 aliphatic carbocycles. The molecular formula is C8H10OS. The summed E-state index contributed by atoms with van der Waals surface area (Å²) in [6, 6.07) is 0. The van der Waals surface area contributed by atoms with Crippen LogP contribution in [-0.4, -0.2) is 6.29 Å². The van der Waals surface area contributed by atoms with E-state index in [0.29, 0.717) is 0 Å². The summed E-state index contributed by atoms with van der Waals surface area (Å²) in [4.78, 5) is 12.5. The van der Waals surface area contributed by atoms with E-state index in [1.807, 2.05) is 20.8 Å². The highest BCUT2D eigenvalue weighted by Crippen LogP contribution is 2.24. The van der Waals surface area contributed by atoms with Crippen molar-refractivity contribution in [3.63, 3.8) is 0 Å². The molecule has 1 nitrogen and oxygen atoms in total. The number of thiophene rings is 1. The van der Waals surface area contributed by atoms with Crippen LogP contribution in [0.5, 0.6) is 0 Å². The Kier molecular flexibility index (Phi) is 1.90. The molecule has 0 amide bonds. The van der Waals surface area contributed by atoms with Crippen molar-refractivity contribution in [2.75, 3.05) is 0 Å². The van der Waals surface area contributed by atoms with Crippen molar-refractivity contribution in [3.8, 4) is 0 Å². The second kappa shape index (κ2) is 2.54. The van der Waals surface area contributed by atoms with E-state index < -0.39 is 0 Å². The van der Waals surface area contributed by atoms with E-state index in [2.05, 4.69) is 0 Å². The van der Waals surface area contributed by atoms with Crippen LogP contribution in [0, 0.1) is 20.8 Å². The normalized spacial score (nSPS) is 9.90. The van der Waals surface area contributed by atoms with Gasteiger partial charge in [0.1, 0.15) is 0 Å². The molecule has 0 aliphatic rings. The lowest BCUT2D eigenvalue weighted by Crippen LogP contribution is -1.78. The predicted octanol–water partition coefficient (Wildman–Crippen LogP) is 2.49. The van der Waals surface area contributed by atoms with Gasteiger partial charge in [-0.2, -0.15) is 0 Å². The molecule has 0 saturated carbocycles. The summed E-state index contributed by atoms with van der Waals surface area (Å²) in [5.41, 5.74) is 2.39. The lowest BCUT2D eigenvalue weighted by Gasteiger charge is -1.88. The van der Waals surface area contributed by atoms with Crippen LogP contribution in [0.1, 0.15) is 25.7 Å². The molecule has 1 aromatic heterocycles. The zero-order valence-corrected chi connectivity index (χ0v) is 7.21. The average molecular weight is 154 g/mol. The molecule has 0 radical (unpaired) electrons. The molecule has 1 rings (SSSR count). The molecule has 0 aromatic carbocycles. The maximum atomic E-state index is 10.4. The Hall–Kier alpha value is -0.630. The minimum absolute atomic E-state index is 0.870. The summed E-state index contributed by atoms with van der Waals surface area (Å²) in [6.07, 6.45) is 0.931. The Bertz CT molecular complexity index is 260. The first-order chi connectivity index (χ1) is 4.66. The van der Waals surface area contributed by atoms with E-state index in [1.165, 1.54) is 10.4 Å². The van der Waals surface area contributed by atoms with Crippen molar-refractivity contribution in [1.29, 1.82) is 0 Å². The first-order valence-corrected chi connectivity index (χ1v) is 4.00. The number of hydrogen-bond acceptors (Lipinski definition) is 2. The number of carbonyl (C=O) groups is 1. The fraction of sp³-hybridized carbons (Fsp3) is 0.375. The summed E-state index contributed by atoms with van der Waals surface area (Å²) < 4.78 is 0. The summed E-state index contributed by atoms with van der Waals surface area (Å²) >= 11 is 1.57. The molecule has 10 heavy (non-hydrogen) atoms. The highest BCUT2D eigenvalue weighted by atomic mass is 32.1. The fourth-order valence-corrected chi connectivity index (χ4v) is 1.87. The van der Waals surface area contributed by atoms with Gasteiger partial charge in [0.15, 0.2) is 6.29 Å². The zero-order chi connectivity index (χ0) is 7.72. The second-order valence-corrected chi connectivity index (χ2v) is 3.65. The van der Waals surface area contributed by atoms with Gasteiger partial charge < -0.3 is 0 Å². The molecule has 0 fully saturated rings. The molecule has 1 aromatic rings. The van der Waals surface area contributed by atoms with Gasteiger partial charge in [0.05, 0.1) is 4.88 Å². The van der Waals surface area contributed by atoms with Gasteiger partial charge in [-0.15, -0.1) is 11.3 Å². The smallest absolute Gasteiger partial charge is 0.160 e. The van der Waals surface area contributed by atoms with Crippen LogP contribution in [0.3, 0.4) is 0 Å². The van der Waals surface area contributed by atoms with E-state index in [-0.39, 0.29) is 0 Å². The first kappa shape index (κ1) is 7.48. The van der Waals surface area contributed by atoms with E-state index in [1.54, 1.807) is 11.3 Å². The second-order valence-electron chi connectivity index (χ2n) is 2.39. The fourth-order valence-electron chi connectivity index (χ4n) is 0.879. The Morgan fingerprint density at radius 2 is 1.80 bits per heavy atom. The van der Waals surface area contributed by atoms with Gasteiger partial charge in [-0.25, -0.2) is 0 Å². The maximum Gasteiger partial charge on any atom is 0.160 e. The van der Waals surface area contributed by atoms with Crippen LogP contribution >= 0.6 is 11.3 Å². The maximum absolute atomic E-state index is 10.4. The lowest BCUT2D eigenvalue weighted by molar-refractivity contribution is 0.112. The van der Waals surface area contributed by atoms with Crippen LogP contribution in [0.2, 0.25) is 0 Å². The standard InChI is InChI=1S/C8H10OS/c1-5-6(2)8(4-9)10-7(5)3/h4H,1-3H3. The number of aryl methyl sites for hydroxylation is 1. The molecule has 0 atom stereocenters. The minimum Gasteiger partial charge on any atom is -0.297 e. The molecular weight excluding hydrogens is 144 g/mol. The first-order valence-electron chi connectivity index (χ1n) is 3.18. The Balaban J connectivity index is 3.30. The highest BCUT2D eigenvalue weighted by molar-refractivity contribution is 7.13. The SMILES string of the molecule is Cc1sc(C=O)c(C)c1C. The van der Waals surface area contributed by atoms with Gasteiger partial charge in [0.25, 0.3) is 0 Å². The van der Waals surface area contributed by atoms with Crippen LogP contribution in [-0.2, 0) is 0 Å². The molecule has 1 heterocycles. The van der Waals surface area contributed by atoms with Crippen molar-refractivity contribution >= 4 is 17.6 Å². The predicted molar refractivity (Wildman–Crippen MR) is 43.9 cm³/mol. The van der Waals surface area contributed by atoms with Crippen LogP contribution in [0.25, 0.3) is 0 Å². The number of aldehydes is 1. The van der Waals surface area contributed by atoms with Crippen molar-refractivity contribution in [3.05, 3.63) is 20.9 Å². The molecule has 0 saturated heterocycles. The largest absolute Gasteiger partial charge is 0.297 e. The van der Waals surface area contributed by atoms with Crippen LogP contribution in [0.4, 0.5) is 0 Å². The quantitative estimate of drug-likeness (QED) is 0.568. The highest BCUT2D eigenvalue weighted by Gasteiger charge is 2.05. The van der Waals surface area contributed by atoms with Gasteiger partial charge in [0, 0.05) is 4.88 Å². The van der Waals surface area contributed by atoms with Crippen molar-refractivity contribution in [1.82, 2.24) is 0 Å². The Morgan fingerprint density at radius 3 is 2.00 bits per heavy atom. The third-order valence-corrected chi connectivity index (χ3v) is 3.06. The topological polar surface area (TPSA) is 17.1 Å². The summed E-state index contributed by atoms with van der Waals surface area (Å²) in [5, 5.41) is 0. The molecule has 0 unspecified atom stereocenters. The number of rotatable bonds is 1. The van der Waals surface area contributed by atoms with E-state index in [9.17, 15) is 4.79 Å². The lowest BCUT2D eigenvalue weighted by atomic mass is 10.2. The molecule has 0 spiro atoms. The Morgan fingerprint density at radius 1 is 1.20 bits per heavy atom. The summed E-state index contributed by atoms with van der Waals surface area (Å²) in [6.45, 7) is 6.08. The summed E-state index contributed by atoms with van der Waals surface area (Å²) in [5.74, 6) is 0. The molecule has 54 valence electrons. The van der Waals surface area contributed by atoms with E-state index >= 15 is 0 Å². The van der Waals surface area contributed by atoms with E-state index in [4.69, 9.17) is 0 Å². The van der Waals surface area contributed by atoms with Gasteiger partial charge >= 0.3 is 0 Å². The summed E-state index contributed by atoms with van der Waals surface area (Å²) in [7, 11) is 0. The molecule has 0 N–H and O–H groups in total. The van der Waals surface area contributed by atoms with Gasteiger partial charge in [-0.3, -0.25) is 4.79 Å². The molecule has 2 heteroatoms. The van der Waals surface area contributed by atoms with Gasteiger partial charge in [-0.05, 0) is 31.9 Å². The number of carbonyl (C=O) groups excluding carboxylic acids is 1. The van der Waals surface area contributed by atoms with Crippen LogP contribution in [0.15, 0.2) is 0 Å². The van der Waals surface area contributed by atoms with Gasteiger partial charge in [0.2, 0.25) is 0 Å². The van der Waals surface area contributed by atoms with Crippen molar-refractivity contribution < 1.29 is 4.79 Å². The minimum atomic E-state index is 0.870. The van der Waals surface area contributed by atoms with Crippen LogP contribution < -0.4 is 0 Å². The third-order valence-electron chi connectivity index (χ3n) is 1.83. The van der Waals surface area contributed by atoms with Gasteiger partial charge in [-0.1, -0.05) is 0 Å². The average Bonchev–Trinajstić information content (AvgIpc) is 2.17. The molecule has 0 aliphatic heterocycles. The Labute approximate surface area is 64.7 Å². The zero-order valence-electron chi connectivity index (χ0n) is 6.39. The number of hydrogen-bond donors (Lipinski definition) is 0. The monoisotopic (exact) mass is 154 g/mol. The van der Waals surface area contributed by atoms with Crippen molar-refractivity contribution in [2.45, 2.75) is 20.8 Å². The van der Waals surface area contributed by atoms with Crippen molar-refractivity contribution in [2.24, 2.45) is 0 Å². The van der Waals surface area contributed by atoms with E-state index in [0.717, 1.165) is 16.7 Å².